The molecular formula is C15H29NO3. The van der Waals surface area contributed by atoms with E-state index in [4.69, 9.17) is 4.74 Å². The Bertz CT molecular complexity index is 254. The molecule has 0 aromatic carbocycles. The number of aliphatic hydroxyl groups is 2. The predicted octanol–water partition coefficient (Wildman–Crippen LogP) is 1.26. The maximum Gasteiger partial charge on any atom is 0.0587 e. The Morgan fingerprint density at radius 1 is 1.11 bits per heavy atom. The summed E-state index contributed by atoms with van der Waals surface area (Å²) >= 11 is 0. The smallest absolute Gasteiger partial charge is 0.0587 e. The van der Waals surface area contributed by atoms with Crippen LogP contribution in [0.15, 0.2) is 0 Å². The van der Waals surface area contributed by atoms with E-state index in [2.05, 4.69) is 4.90 Å². The summed E-state index contributed by atoms with van der Waals surface area (Å²) in [6.45, 7) is 3.11. The first kappa shape index (κ1) is 15.2. The highest BCUT2D eigenvalue weighted by Gasteiger charge is 2.30. The third-order valence-corrected chi connectivity index (χ3v) is 4.88. The minimum absolute atomic E-state index is 0.167. The van der Waals surface area contributed by atoms with Crippen LogP contribution in [0.2, 0.25) is 0 Å². The van der Waals surface area contributed by atoms with Gasteiger partial charge in [0.05, 0.1) is 12.7 Å². The first-order chi connectivity index (χ1) is 9.22. The van der Waals surface area contributed by atoms with Crippen molar-refractivity contribution in [1.29, 1.82) is 0 Å². The summed E-state index contributed by atoms with van der Waals surface area (Å²) in [4.78, 5) is 2.40. The highest BCUT2D eigenvalue weighted by molar-refractivity contribution is 4.84. The van der Waals surface area contributed by atoms with E-state index in [1.165, 1.54) is 25.7 Å². The average molecular weight is 271 g/mol. The Balaban J connectivity index is 1.75. The van der Waals surface area contributed by atoms with Gasteiger partial charge in [-0.1, -0.05) is 0 Å². The average Bonchev–Trinajstić information content (AvgIpc) is 2.43. The zero-order valence-electron chi connectivity index (χ0n) is 12.1. The van der Waals surface area contributed by atoms with E-state index in [0.29, 0.717) is 0 Å². The lowest BCUT2D eigenvalue weighted by Gasteiger charge is -2.40. The fraction of sp³-hybridized carbons (Fsp3) is 1.00. The van der Waals surface area contributed by atoms with Crippen LogP contribution in [0, 0.1) is 11.8 Å². The van der Waals surface area contributed by atoms with Crippen molar-refractivity contribution in [2.75, 3.05) is 33.4 Å². The van der Waals surface area contributed by atoms with E-state index in [9.17, 15) is 10.2 Å². The number of aliphatic hydroxyl groups excluding tert-OH is 2. The molecule has 1 aliphatic carbocycles. The molecule has 0 spiro atoms. The fourth-order valence-electron chi connectivity index (χ4n) is 3.66. The second-order valence-electron chi connectivity index (χ2n) is 6.35. The van der Waals surface area contributed by atoms with Gasteiger partial charge in [-0.3, -0.25) is 4.90 Å². The minimum Gasteiger partial charge on any atom is -0.395 e. The lowest BCUT2D eigenvalue weighted by Crippen LogP contribution is -2.48. The Hall–Kier alpha value is -0.160. The van der Waals surface area contributed by atoms with Gasteiger partial charge in [0.2, 0.25) is 0 Å². The standard InChI is InChI=1S/C15H29NO3/c1-19-11-13-4-2-12(3-5-13)9-16-7-6-15(18)8-14(16)10-17/h12-15,17-18H,2-11H2,1H3. The van der Waals surface area contributed by atoms with Crippen molar-refractivity contribution >= 4 is 0 Å². The topological polar surface area (TPSA) is 52.9 Å². The van der Waals surface area contributed by atoms with Gasteiger partial charge in [-0.15, -0.1) is 0 Å². The van der Waals surface area contributed by atoms with Gasteiger partial charge < -0.3 is 14.9 Å². The van der Waals surface area contributed by atoms with Gasteiger partial charge >= 0.3 is 0 Å². The van der Waals surface area contributed by atoms with E-state index in [1.807, 2.05) is 0 Å². The molecule has 1 heterocycles. The van der Waals surface area contributed by atoms with Gasteiger partial charge in [0.25, 0.3) is 0 Å². The SMILES string of the molecule is COCC1CCC(CN2CCC(O)CC2CO)CC1. The molecule has 0 amide bonds. The molecule has 112 valence electrons. The number of rotatable bonds is 5. The Kier molecular flexibility index (Phi) is 6.07. The highest BCUT2D eigenvalue weighted by Crippen LogP contribution is 2.31. The molecule has 2 N–H and O–H groups in total. The maximum absolute atomic E-state index is 9.68. The monoisotopic (exact) mass is 271 g/mol. The molecule has 2 rings (SSSR count). The van der Waals surface area contributed by atoms with Gasteiger partial charge in [0.1, 0.15) is 0 Å². The summed E-state index contributed by atoms with van der Waals surface area (Å²) < 4.78 is 5.24. The summed E-state index contributed by atoms with van der Waals surface area (Å²) in [7, 11) is 1.79. The van der Waals surface area contributed by atoms with E-state index in [1.54, 1.807) is 7.11 Å². The van der Waals surface area contributed by atoms with E-state index < -0.39 is 0 Å². The van der Waals surface area contributed by atoms with Gasteiger partial charge in [0, 0.05) is 32.8 Å². The molecule has 4 heteroatoms. The molecule has 19 heavy (non-hydrogen) atoms. The molecule has 0 radical (unpaired) electrons. The van der Waals surface area contributed by atoms with E-state index >= 15 is 0 Å². The lowest BCUT2D eigenvalue weighted by molar-refractivity contribution is 0.00401. The van der Waals surface area contributed by atoms with Gasteiger partial charge in [-0.25, -0.2) is 0 Å². The summed E-state index contributed by atoms with van der Waals surface area (Å²) in [5.74, 6) is 1.51. The van der Waals surface area contributed by atoms with Gasteiger partial charge in [0.15, 0.2) is 0 Å². The molecule has 0 aromatic rings. The van der Waals surface area contributed by atoms with Crippen molar-refractivity contribution in [3.8, 4) is 0 Å². The van der Waals surface area contributed by atoms with Crippen molar-refractivity contribution in [3.63, 3.8) is 0 Å². The van der Waals surface area contributed by atoms with Crippen molar-refractivity contribution in [1.82, 2.24) is 4.90 Å². The van der Waals surface area contributed by atoms with E-state index in [0.717, 1.165) is 44.4 Å². The minimum atomic E-state index is -0.217. The van der Waals surface area contributed by atoms with E-state index in [-0.39, 0.29) is 18.8 Å². The molecule has 1 aliphatic heterocycles. The first-order valence-corrected chi connectivity index (χ1v) is 7.74. The third-order valence-electron chi connectivity index (χ3n) is 4.88. The van der Waals surface area contributed by atoms with Crippen LogP contribution < -0.4 is 0 Å². The second kappa shape index (κ2) is 7.58. The second-order valence-corrected chi connectivity index (χ2v) is 6.35. The molecule has 4 nitrogen and oxygen atoms in total. The van der Waals surface area contributed by atoms with Crippen LogP contribution in [0.1, 0.15) is 38.5 Å². The Labute approximate surface area is 116 Å². The summed E-state index contributed by atoms with van der Waals surface area (Å²) in [5, 5.41) is 19.1. The van der Waals surface area contributed by atoms with Crippen LogP contribution >= 0.6 is 0 Å². The Morgan fingerprint density at radius 3 is 2.42 bits per heavy atom. The van der Waals surface area contributed by atoms with Crippen LogP contribution in [0.4, 0.5) is 0 Å². The molecule has 0 bridgehead atoms. The predicted molar refractivity (Wildman–Crippen MR) is 75.0 cm³/mol. The molecular weight excluding hydrogens is 242 g/mol. The number of hydrogen-bond donors (Lipinski definition) is 2. The van der Waals surface area contributed by atoms with Crippen LogP contribution in [0.3, 0.4) is 0 Å². The molecule has 2 unspecified atom stereocenters. The first-order valence-electron chi connectivity index (χ1n) is 7.74. The van der Waals surface area contributed by atoms with Crippen molar-refractivity contribution in [2.45, 2.75) is 50.7 Å². The van der Waals surface area contributed by atoms with Crippen molar-refractivity contribution < 1.29 is 14.9 Å². The molecule has 1 saturated heterocycles. The number of piperidine rings is 1. The normalized spacial score (nSPS) is 37.4. The Morgan fingerprint density at radius 2 is 1.79 bits per heavy atom. The third kappa shape index (κ3) is 4.42. The van der Waals surface area contributed by atoms with Crippen molar-refractivity contribution in [2.24, 2.45) is 11.8 Å². The number of likely N-dealkylation sites (tertiary alicyclic amines) is 1. The fourth-order valence-corrected chi connectivity index (χ4v) is 3.66. The van der Waals surface area contributed by atoms with Crippen LogP contribution in [-0.2, 0) is 4.74 Å². The van der Waals surface area contributed by atoms with Gasteiger partial charge in [-0.05, 0) is 50.4 Å². The summed E-state index contributed by atoms with van der Waals surface area (Å²) in [5.41, 5.74) is 0. The zero-order chi connectivity index (χ0) is 13.7. The number of hydrogen-bond acceptors (Lipinski definition) is 4. The molecule has 2 atom stereocenters. The van der Waals surface area contributed by atoms with Crippen LogP contribution in [0.5, 0.6) is 0 Å². The number of ether oxygens (including phenoxy) is 1. The maximum atomic E-state index is 9.68. The summed E-state index contributed by atoms with van der Waals surface area (Å²) in [6, 6.07) is 0.167. The van der Waals surface area contributed by atoms with Crippen molar-refractivity contribution in [3.05, 3.63) is 0 Å². The highest BCUT2D eigenvalue weighted by atomic mass is 16.5. The number of methoxy groups -OCH3 is 1. The van der Waals surface area contributed by atoms with Crippen LogP contribution in [0.25, 0.3) is 0 Å². The molecule has 0 aromatic heterocycles. The summed E-state index contributed by atoms with van der Waals surface area (Å²) in [6.07, 6.45) is 6.49. The number of nitrogens with zero attached hydrogens (tertiary/aromatic N) is 1. The lowest BCUT2D eigenvalue weighted by atomic mass is 9.81. The van der Waals surface area contributed by atoms with Gasteiger partial charge in [-0.2, -0.15) is 0 Å². The largest absolute Gasteiger partial charge is 0.395 e. The molecule has 2 aliphatic rings. The zero-order valence-corrected chi connectivity index (χ0v) is 12.1. The molecule has 2 fully saturated rings. The quantitative estimate of drug-likeness (QED) is 0.790. The molecule has 1 saturated carbocycles. The van der Waals surface area contributed by atoms with Crippen LogP contribution in [-0.4, -0.2) is 60.7 Å².